The minimum atomic E-state index is 0.508. The summed E-state index contributed by atoms with van der Waals surface area (Å²) in [5.74, 6) is 1.15. The smallest absolute Gasteiger partial charge is 0.157 e. The molecule has 2 aromatic heterocycles. The van der Waals surface area contributed by atoms with Gasteiger partial charge in [0.05, 0.1) is 5.69 Å². The van der Waals surface area contributed by atoms with Crippen molar-refractivity contribution in [3.05, 3.63) is 24.0 Å². The molecule has 0 saturated carbocycles. The number of nitrogen functional groups attached to an aromatic ring is 1. The van der Waals surface area contributed by atoms with E-state index < -0.39 is 0 Å². The highest BCUT2D eigenvalue weighted by Gasteiger charge is 2.27. The van der Waals surface area contributed by atoms with Gasteiger partial charge in [-0.25, -0.2) is 4.98 Å². The van der Waals surface area contributed by atoms with Gasteiger partial charge in [0.1, 0.15) is 5.82 Å². The molecule has 1 atom stereocenters. The van der Waals surface area contributed by atoms with Crippen LogP contribution in [0.3, 0.4) is 0 Å². The van der Waals surface area contributed by atoms with Crippen molar-refractivity contribution >= 4 is 11.5 Å². The lowest BCUT2D eigenvalue weighted by atomic mass is 10.1. The summed E-state index contributed by atoms with van der Waals surface area (Å²) in [5.41, 5.74) is 7.85. The Morgan fingerprint density at radius 3 is 2.94 bits per heavy atom. The van der Waals surface area contributed by atoms with E-state index in [1.54, 1.807) is 16.8 Å². The maximum absolute atomic E-state index is 5.89. The molecule has 3 heterocycles. The Morgan fingerprint density at radius 2 is 2.28 bits per heavy atom. The Hall–Kier alpha value is -1.62. The van der Waals surface area contributed by atoms with E-state index in [0.717, 1.165) is 24.4 Å². The average molecular weight is 245 g/mol. The van der Waals surface area contributed by atoms with E-state index in [4.69, 9.17) is 5.73 Å². The third kappa shape index (κ3) is 1.84. The van der Waals surface area contributed by atoms with Gasteiger partial charge >= 0.3 is 0 Å². The summed E-state index contributed by atoms with van der Waals surface area (Å²) in [6.45, 7) is 6.72. The zero-order valence-electron chi connectivity index (χ0n) is 10.9. The summed E-state index contributed by atoms with van der Waals surface area (Å²) in [6, 6.07) is 4.44. The molecule has 2 N–H and O–H groups in total. The van der Waals surface area contributed by atoms with Crippen LogP contribution in [-0.2, 0) is 0 Å². The molecule has 1 unspecified atom stereocenters. The van der Waals surface area contributed by atoms with Crippen molar-refractivity contribution in [1.82, 2.24) is 19.5 Å². The Morgan fingerprint density at radius 1 is 1.44 bits per heavy atom. The van der Waals surface area contributed by atoms with E-state index in [-0.39, 0.29) is 0 Å². The molecule has 1 saturated heterocycles. The Bertz CT molecular complexity index is 560. The van der Waals surface area contributed by atoms with Crippen LogP contribution in [0.15, 0.2) is 18.3 Å². The van der Waals surface area contributed by atoms with Gasteiger partial charge in [-0.1, -0.05) is 0 Å². The van der Waals surface area contributed by atoms with Crippen LogP contribution in [0.1, 0.15) is 31.9 Å². The minimum absolute atomic E-state index is 0.508. The van der Waals surface area contributed by atoms with E-state index in [9.17, 15) is 0 Å². The normalized spacial score (nSPS) is 21.2. The molecule has 1 aliphatic heterocycles. The van der Waals surface area contributed by atoms with Crippen molar-refractivity contribution in [2.75, 3.05) is 18.8 Å². The molecule has 96 valence electrons. The number of rotatable bonds is 2. The Balaban J connectivity index is 1.89. The van der Waals surface area contributed by atoms with Crippen molar-refractivity contribution in [1.29, 1.82) is 0 Å². The van der Waals surface area contributed by atoms with Gasteiger partial charge in [-0.05, 0) is 32.9 Å². The number of aromatic nitrogens is 3. The van der Waals surface area contributed by atoms with E-state index in [1.807, 2.05) is 0 Å². The maximum atomic E-state index is 5.89. The fourth-order valence-corrected chi connectivity index (χ4v) is 2.63. The first-order valence-electron chi connectivity index (χ1n) is 6.49. The van der Waals surface area contributed by atoms with Crippen molar-refractivity contribution < 1.29 is 0 Å². The van der Waals surface area contributed by atoms with Gasteiger partial charge < -0.3 is 10.6 Å². The predicted molar refractivity (Wildman–Crippen MR) is 71.5 cm³/mol. The van der Waals surface area contributed by atoms with Crippen molar-refractivity contribution in [3.63, 3.8) is 0 Å². The number of nitrogens with zero attached hydrogens (tertiary/aromatic N) is 4. The summed E-state index contributed by atoms with van der Waals surface area (Å²) in [4.78, 5) is 6.79. The molecule has 0 bridgehead atoms. The van der Waals surface area contributed by atoms with Gasteiger partial charge in [0, 0.05) is 30.8 Å². The van der Waals surface area contributed by atoms with Crippen molar-refractivity contribution in [2.45, 2.75) is 32.2 Å². The molecule has 0 spiro atoms. The van der Waals surface area contributed by atoms with Gasteiger partial charge in [0.15, 0.2) is 5.65 Å². The molecule has 1 aliphatic rings. The summed E-state index contributed by atoms with van der Waals surface area (Å²) in [5, 5.41) is 4.59. The molecule has 5 nitrogen and oxygen atoms in total. The minimum Gasteiger partial charge on any atom is -0.384 e. The van der Waals surface area contributed by atoms with Gasteiger partial charge in [-0.3, -0.25) is 0 Å². The van der Waals surface area contributed by atoms with Crippen LogP contribution in [0.5, 0.6) is 0 Å². The van der Waals surface area contributed by atoms with Gasteiger partial charge in [0.2, 0.25) is 0 Å². The molecule has 3 rings (SSSR count). The summed E-state index contributed by atoms with van der Waals surface area (Å²) < 4.78 is 1.73. The first-order valence-corrected chi connectivity index (χ1v) is 6.49. The number of nitrogens with two attached hydrogens (primary N) is 1. The molecule has 0 aromatic carbocycles. The Kier molecular flexibility index (Phi) is 2.70. The fourth-order valence-electron chi connectivity index (χ4n) is 2.63. The molecular formula is C13H19N5. The monoisotopic (exact) mass is 245 g/mol. The third-order valence-corrected chi connectivity index (χ3v) is 3.77. The van der Waals surface area contributed by atoms with E-state index in [1.165, 1.54) is 6.42 Å². The zero-order valence-corrected chi connectivity index (χ0v) is 10.9. The average Bonchev–Trinajstić information content (AvgIpc) is 2.95. The van der Waals surface area contributed by atoms with E-state index >= 15 is 0 Å². The van der Waals surface area contributed by atoms with Gasteiger partial charge in [0.25, 0.3) is 0 Å². The van der Waals surface area contributed by atoms with Crippen molar-refractivity contribution in [2.24, 2.45) is 0 Å². The van der Waals surface area contributed by atoms with E-state index in [2.05, 4.69) is 34.9 Å². The van der Waals surface area contributed by atoms with Crippen LogP contribution in [0.4, 0.5) is 5.82 Å². The summed E-state index contributed by atoms with van der Waals surface area (Å²) >= 11 is 0. The van der Waals surface area contributed by atoms with Gasteiger partial charge in [-0.2, -0.15) is 9.61 Å². The van der Waals surface area contributed by atoms with Crippen LogP contribution >= 0.6 is 0 Å². The Labute approximate surface area is 107 Å². The van der Waals surface area contributed by atoms with E-state index in [0.29, 0.717) is 17.8 Å². The number of hydrogen-bond acceptors (Lipinski definition) is 4. The van der Waals surface area contributed by atoms with Crippen LogP contribution in [0, 0.1) is 0 Å². The van der Waals surface area contributed by atoms with Crippen molar-refractivity contribution in [3.8, 4) is 0 Å². The highest BCUT2D eigenvalue weighted by Crippen LogP contribution is 2.28. The molecule has 18 heavy (non-hydrogen) atoms. The summed E-state index contributed by atoms with van der Waals surface area (Å²) in [7, 11) is 0. The SMILES string of the molecule is CC(C)N1CCC(c2cc3nccc(N)n3n2)C1. The number of likely N-dealkylation sites (tertiary alicyclic amines) is 1. The van der Waals surface area contributed by atoms with Crippen LogP contribution < -0.4 is 5.73 Å². The number of fused-ring (bicyclic) bond motifs is 1. The molecule has 0 amide bonds. The van der Waals surface area contributed by atoms with Gasteiger partial charge in [-0.15, -0.1) is 0 Å². The fraction of sp³-hybridized carbons (Fsp3) is 0.538. The lowest BCUT2D eigenvalue weighted by Gasteiger charge is -2.19. The first kappa shape index (κ1) is 11.5. The predicted octanol–water partition coefficient (Wildman–Crippen LogP) is 1.51. The number of hydrogen-bond donors (Lipinski definition) is 1. The first-order chi connectivity index (χ1) is 8.65. The topological polar surface area (TPSA) is 59.5 Å². The summed E-state index contributed by atoms with van der Waals surface area (Å²) in [6.07, 6.45) is 2.90. The standard InChI is InChI=1S/C13H19N5/c1-9(2)17-6-4-10(8-17)11-7-13-15-5-3-12(14)18(13)16-11/h3,5,7,9-10H,4,6,8,14H2,1-2H3. The largest absolute Gasteiger partial charge is 0.384 e. The van der Waals surface area contributed by atoms with Crippen LogP contribution in [0.25, 0.3) is 5.65 Å². The number of anilines is 1. The lowest BCUT2D eigenvalue weighted by Crippen LogP contribution is -2.27. The molecule has 2 aromatic rings. The third-order valence-electron chi connectivity index (χ3n) is 3.77. The molecular weight excluding hydrogens is 226 g/mol. The second kappa shape index (κ2) is 4.24. The quantitative estimate of drug-likeness (QED) is 0.871. The van der Waals surface area contributed by atoms with Crippen LogP contribution in [0.2, 0.25) is 0 Å². The second-order valence-electron chi connectivity index (χ2n) is 5.28. The highest BCUT2D eigenvalue weighted by molar-refractivity contribution is 5.46. The highest BCUT2D eigenvalue weighted by atomic mass is 15.3. The molecule has 1 fully saturated rings. The lowest BCUT2D eigenvalue weighted by molar-refractivity contribution is 0.272. The zero-order chi connectivity index (χ0) is 12.7. The molecule has 0 radical (unpaired) electrons. The van der Waals surface area contributed by atoms with Crippen LogP contribution in [-0.4, -0.2) is 38.6 Å². The molecule has 0 aliphatic carbocycles. The molecule has 5 heteroatoms. The second-order valence-corrected chi connectivity index (χ2v) is 5.28. The maximum Gasteiger partial charge on any atom is 0.157 e.